The molecule has 1 aromatic heterocycles. The monoisotopic (exact) mass is 288 g/mol. The Balaban J connectivity index is 1.96. The summed E-state index contributed by atoms with van der Waals surface area (Å²) in [6, 6.07) is 2.65. The summed E-state index contributed by atoms with van der Waals surface area (Å²) in [5.41, 5.74) is 7.31. The molecule has 0 bridgehead atoms. The van der Waals surface area contributed by atoms with Crippen molar-refractivity contribution in [2.75, 3.05) is 13.1 Å². The lowest BCUT2D eigenvalue weighted by Crippen LogP contribution is -2.42. The number of halogens is 1. The Hall–Kier alpha value is 0.100. The molecule has 2 N–H and O–H groups in total. The zero-order chi connectivity index (χ0) is 10.8. The maximum absolute atomic E-state index is 5.97. The highest BCUT2D eigenvalue weighted by Gasteiger charge is 2.17. The minimum absolute atomic E-state index is 0.378. The zero-order valence-corrected chi connectivity index (χ0v) is 11.4. The van der Waals surface area contributed by atoms with E-state index in [-0.39, 0.29) is 0 Å². The van der Waals surface area contributed by atoms with Crippen LogP contribution in [0.2, 0.25) is 0 Å². The number of thiophene rings is 1. The Kier molecular flexibility index (Phi) is 3.83. The van der Waals surface area contributed by atoms with Crippen LogP contribution < -0.4 is 5.73 Å². The van der Waals surface area contributed by atoms with E-state index < -0.39 is 0 Å². The molecular formula is C11H17BrN2S. The van der Waals surface area contributed by atoms with Crippen molar-refractivity contribution in [3.63, 3.8) is 0 Å². The molecule has 0 radical (unpaired) electrons. The number of aryl methyl sites for hydroxylation is 1. The summed E-state index contributed by atoms with van der Waals surface area (Å²) in [6.07, 6.45) is 2.43. The molecular weight excluding hydrogens is 272 g/mol. The standard InChI is InChI=1S/C11H17BrN2S/c1-8-5-10(15-11(8)12)7-14-4-2-3-9(13)6-14/h5,9H,2-4,6-7,13H2,1H3/t9-/m1/s1. The lowest BCUT2D eigenvalue weighted by molar-refractivity contribution is 0.203. The Labute approximate surface area is 104 Å². The van der Waals surface area contributed by atoms with Crippen molar-refractivity contribution < 1.29 is 0 Å². The van der Waals surface area contributed by atoms with Gasteiger partial charge in [-0.05, 0) is 53.9 Å². The van der Waals surface area contributed by atoms with Gasteiger partial charge in [-0.25, -0.2) is 0 Å². The first-order valence-corrected chi connectivity index (χ1v) is 6.99. The van der Waals surface area contributed by atoms with Gasteiger partial charge in [0.1, 0.15) is 0 Å². The van der Waals surface area contributed by atoms with Gasteiger partial charge in [0.25, 0.3) is 0 Å². The van der Waals surface area contributed by atoms with Crippen LogP contribution in [0.5, 0.6) is 0 Å². The van der Waals surface area contributed by atoms with Crippen molar-refractivity contribution in [3.8, 4) is 0 Å². The predicted molar refractivity (Wildman–Crippen MR) is 69.2 cm³/mol. The molecule has 1 fully saturated rings. The van der Waals surface area contributed by atoms with Crippen molar-refractivity contribution in [2.45, 2.75) is 32.4 Å². The molecule has 1 saturated heterocycles. The van der Waals surface area contributed by atoms with Crippen molar-refractivity contribution >= 4 is 27.3 Å². The molecule has 0 aromatic carbocycles. The molecule has 84 valence electrons. The third kappa shape index (κ3) is 3.03. The summed E-state index contributed by atoms with van der Waals surface area (Å²) < 4.78 is 1.26. The summed E-state index contributed by atoms with van der Waals surface area (Å²) in [5, 5.41) is 0. The van der Waals surface area contributed by atoms with E-state index in [1.54, 1.807) is 0 Å². The second-order valence-electron chi connectivity index (χ2n) is 4.31. The van der Waals surface area contributed by atoms with Crippen molar-refractivity contribution in [1.82, 2.24) is 4.90 Å². The number of nitrogens with zero attached hydrogens (tertiary/aromatic N) is 1. The highest BCUT2D eigenvalue weighted by atomic mass is 79.9. The maximum Gasteiger partial charge on any atom is 0.0730 e. The maximum atomic E-state index is 5.97. The molecule has 1 aromatic rings. The van der Waals surface area contributed by atoms with Crippen LogP contribution >= 0.6 is 27.3 Å². The topological polar surface area (TPSA) is 29.3 Å². The molecule has 15 heavy (non-hydrogen) atoms. The average Bonchev–Trinajstić information content (AvgIpc) is 2.45. The summed E-state index contributed by atoms with van der Waals surface area (Å²) in [7, 11) is 0. The number of hydrogen-bond acceptors (Lipinski definition) is 3. The number of piperidine rings is 1. The first-order valence-electron chi connectivity index (χ1n) is 5.38. The van der Waals surface area contributed by atoms with Crippen LogP contribution in [-0.2, 0) is 6.54 Å². The van der Waals surface area contributed by atoms with E-state index in [0.717, 1.165) is 13.1 Å². The fourth-order valence-corrected chi connectivity index (χ4v) is 3.73. The Bertz CT molecular complexity index is 318. The predicted octanol–water partition coefficient (Wildman–Crippen LogP) is 2.74. The fraction of sp³-hybridized carbons (Fsp3) is 0.636. The second-order valence-corrected chi connectivity index (χ2v) is 6.76. The quantitative estimate of drug-likeness (QED) is 0.907. The minimum atomic E-state index is 0.378. The molecule has 2 rings (SSSR count). The normalized spacial score (nSPS) is 23.3. The lowest BCUT2D eigenvalue weighted by Gasteiger charge is -2.30. The zero-order valence-electron chi connectivity index (χ0n) is 9.00. The molecule has 2 heterocycles. The minimum Gasteiger partial charge on any atom is -0.327 e. The van der Waals surface area contributed by atoms with E-state index in [4.69, 9.17) is 5.73 Å². The van der Waals surface area contributed by atoms with E-state index in [0.29, 0.717) is 6.04 Å². The van der Waals surface area contributed by atoms with Crippen LogP contribution in [-0.4, -0.2) is 24.0 Å². The number of hydrogen-bond donors (Lipinski definition) is 1. The van der Waals surface area contributed by atoms with Gasteiger partial charge in [0.15, 0.2) is 0 Å². The van der Waals surface area contributed by atoms with Crippen molar-refractivity contribution in [3.05, 3.63) is 20.3 Å². The van der Waals surface area contributed by atoms with Crippen LogP contribution in [0.1, 0.15) is 23.3 Å². The van der Waals surface area contributed by atoms with Crippen LogP contribution in [0, 0.1) is 6.92 Å². The average molecular weight is 289 g/mol. The molecule has 1 aliphatic heterocycles. The van der Waals surface area contributed by atoms with Gasteiger partial charge in [-0.15, -0.1) is 11.3 Å². The molecule has 0 unspecified atom stereocenters. The third-order valence-electron chi connectivity index (χ3n) is 2.83. The fourth-order valence-electron chi connectivity index (χ4n) is 2.06. The first-order chi connectivity index (χ1) is 7.15. The smallest absolute Gasteiger partial charge is 0.0730 e. The van der Waals surface area contributed by atoms with Gasteiger partial charge in [0, 0.05) is 24.0 Å². The Morgan fingerprint density at radius 2 is 2.47 bits per heavy atom. The summed E-state index contributed by atoms with van der Waals surface area (Å²) >= 11 is 5.41. The van der Waals surface area contributed by atoms with Crippen LogP contribution in [0.4, 0.5) is 0 Å². The van der Waals surface area contributed by atoms with E-state index in [9.17, 15) is 0 Å². The summed E-state index contributed by atoms with van der Waals surface area (Å²) in [4.78, 5) is 3.90. The largest absolute Gasteiger partial charge is 0.327 e. The molecule has 2 nitrogen and oxygen atoms in total. The summed E-state index contributed by atoms with van der Waals surface area (Å²) in [5.74, 6) is 0. The van der Waals surface area contributed by atoms with Crippen molar-refractivity contribution in [1.29, 1.82) is 0 Å². The molecule has 0 saturated carbocycles. The van der Waals surface area contributed by atoms with Gasteiger partial charge in [0.2, 0.25) is 0 Å². The van der Waals surface area contributed by atoms with Gasteiger partial charge in [-0.2, -0.15) is 0 Å². The highest BCUT2D eigenvalue weighted by Crippen LogP contribution is 2.28. The number of rotatable bonds is 2. The van der Waals surface area contributed by atoms with Gasteiger partial charge in [0.05, 0.1) is 3.79 Å². The highest BCUT2D eigenvalue weighted by molar-refractivity contribution is 9.11. The molecule has 1 atom stereocenters. The molecule has 1 aliphatic rings. The van der Waals surface area contributed by atoms with Gasteiger partial charge in [-0.1, -0.05) is 0 Å². The van der Waals surface area contributed by atoms with E-state index in [1.807, 2.05) is 11.3 Å². The number of likely N-dealkylation sites (tertiary alicyclic amines) is 1. The third-order valence-corrected chi connectivity index (χ3v) is 4.95. The van der Waals surface area contributed by atoms with E-state index in [2.05, 4.69) is 33.8 Å². The Morgan fingerprint density at radius 3 is 3.07 bits per heavy atom. The van der Waals surface area contributed by atoms with E-state index >= 15 is 0 Å². The van der Waals surface area contributed by atoms with Crippen molar-refractivity contribution in [2.24, 2.45) is 5.73 Å². The molecule has 0 amide bonds. The van der Waals surface area contributed by atoms with Crippen LogP contribution in [0.15, 0.2) is 9.85 Å². The lowest BCUT2D eigenvalue weighted by atomic mass is 10.1. The first kappa shape index (κ1) is 11.6. The van der Waals surface area contributed by atoms with Gasteiger partial charge >= 0.3 is 0 Å². The molecule has 0 spiro atoms. The van der Waals surface area contributed by atoms with Gasteiger partial charge in [-0.3, -0.25) is 4.90 Å². The molecule has 0 aliphatic carbocycles. The van der Waals surface area contributed by atoms with Crippen LogP contribution in [0.25, 0.3) is 0 Å². The van der Waals surface area contributed by atoms with Gasteiger partial charge < -0.3 is 5.73 Å². The number of nitrogens with two attached hydrogens (primary N) is 1. The van der Waals surface area contributed by atoms with Crippen LogP contribution in [0.3, 0.4) is 0 Å². The SMILES string of the molecule is Cc1cc(CN2CCC[C@@H](N)C2)sc1Br. The molecule has 4 heteroatoms. The van der Waals surface area contributed by atoms with E-state index in [1.165, 1.54) is 33.6 Å². The summed E-state index contributed by atoms with van der Waals surface area (Å²) in [6.45, 7) is 5.45. The Morgan fingerprint density at radius 1 is 1.67 bits per heavy atom. The second kappa shape index (κ2) is 4.95.